The zero-order chi connectivity index (χ0) is 28.5. The summed E-state index contributed by atoms with van der Waals surface area (Å²) in [5.41, 5.74) is 3.06. The molecule has 0 radical (unpaired) electrons. The maximum Gasteiger partial charge on any atom is 0.431 e. The van der Waals surface area contributed by atoms with Gasteiger partial charge in [0.2, 0.25) is 5.71 Å². The number of furan rings is 1. The molecule has 8 rings (SSSR count). The van der Waals surface area contributed by atoms with Crippen LogP contribution in [0.3, 0.4) is 0 Å². The third-order valence-electron chi connectivity index (χ3n) is 8.87. The third kappa shape index (κ3) is 4.40. The number of pyridine rings is 1. The summed E-state index contributed by atoms with van der Waals surface area (Å²) < 4.78 is 58.0. The van der Waals surface area contributed by atoms with E-state index < -0.39 is 11.9 Å². The van der Waals surface area contributed by atoms with Crippen LogP contribution in [0.15, 0.2) is 40.9 Å². The number of anilines is 1. The van der Waals surface area contributed by atoms with Gasteiger partial charge in [0.1, 0.15) is 11.2 Å². The van der Waals surface area contributed by atoms with Crippen LogP contribution in [0, 0.1) is 5.41 Å². The molecule has 218 valence electrons. The Balaban J connectivity index is 1.23. The van der Waals surface area contributed by atoms with Crippen LogP contribution in [-0.4, -0.2) is 77.4 Å². The maximum absolute atomic E-state index is 13.6. The first-order valence-corrected chi connectivity index (χ1v) is 14.3. The first-order valence-electron chi connectivity index (χ1n) is 14.3. The number of nitrogens with zero attached hydrogens (tertiary/aromatic N) is 5. The summed E-state index contributed by atoms with van der Waals surface area (Å²) in [5, 5.41) is 1.17. The van der Waals surface area contributed by atoms with E-state index in [2.05, 4.69) is 25.8 Å². The molecule has 3 fully saturated rings. The lowest BCUT2D eigenvalue weighted by molar-refractivity contribution is -0.140. The predicted octanol–water partition coefficient (Wildman–Crippen LogP) is 5.39. The zero-order valence-electron chi connectivity index (χ0n) is 22.8. The quantitative estimate of drug-likeness (QED) is 0.304. The Morgan fingerprint density at radius 1 is 0.952 bits per heavy atom. The lowest BCUT2D eigenvalue weighted by Gasteiger charge is -2.47. The van der Waals surface area contributed by atoms with Gasteiger partial charge in [0, 0.05) is 47.7 Å². The summed E-state index contributed by atoms with van der Waals surface area (Å²) in [5.74, 6) is 0.921. The molecule has 12 heteroatoms. The Labute approximate surface area is 238 Å². The molecule has 0 aliphatic carbocycles. The smallest absolute Gasteiger partial charge is 0.431 e. The molecule has 9 nitrogen and oxygen atoms in total. The summed E-state index contributed by atoms with van der Waals surface area (Å²) in [6.45, 7) is 6.83. The minimum atomic E-state index is -4.50. The largest absolute Gasteiger partial charge is 0.432 e. The number of hydrogen-bond donors (Lipinski definition) is 1. The molecule has 7 heterocycles. The molecule has 1 aromatic carbocycles. The molecule has 0 bridgehead atoms. The van der Waals surface area contributed by atoms with Gasteiger partial charge < -0.3 is 23.8 Å². The average Bonchev–Trinajstić information content (AvgIpc) is 3.59. The highest BCUT2D eigenvalue weighted by Gasteiger charge is 2.41. The number of rotatable bonds is 4. The van der Waals surface area contributed by atoms with Gasteiger partial charge in [-0.2, -0.15) is 13.2 Å². The monoisotopic (exact) mass is 578 g/mol. The predicted molar refractivity (Wildman–Crippen MR) is 150 cm³/mol. The zero-order valence-corrected chi connectivity index (χ0v) is 22.8. The van der Waals surface area contributed by atoms with E-state index in [0.717, 1.165) is 62.7 Å². The van der Waals surface area contributed by atoms with E-state index in [1.165, 1.54) is 0 Å². The van der Waals surface area contributed by atoms with Crippen molar-refractivity contribution in [3.63, 3.8) is 0 Å². The molecule has 1 N–H and O–H groups in total. The van der Waals surface area contributed by atoms with Crippen LogP contribution in [0.5, 0.6) is 0 Å². The van der Waals surface area contributed by atoms with Crippen LogP contribution in [0.1, 0.15) is 24.1 Å². The highest BCUT2D eigenvalue weighted by Crippen LogP contribution is 2.40. The van der Waals surface area contributed by atoms with Crippen LogP contribution < -0.4 is 4.90 Å². The molecule has 1 spiro atoms. The number of aromatic nitrogens is 4. The van der Waals surface area contributed by atoms with Crippen molar-refractivity contribution in [3.05, 3.63) is 47.8 Å². The van der Waals surface area contributed by atoms with Gasteiger partial charge in [-0.1, -0.05) is 12.1 Å². The fourth-order valence-corrected chi connectivity index (χ4v) is 6.38. The first-order chi connectivity index (χ1) is 20.4. The molecule has 3 saturated heterocycles. The summed E-state index contributed by atoms with van der Waals surface area (Å²) >= 11 is 0. The minimum absolute atomic E-state index is 0.333. The summed E-state index contributed by atoms with van der Waals surface area (Å²) in [6, 6.07) is 8.28. The van der Waals surface area contributed by atoms with Gasteiger partial charge in [0.05, 0.1) is 31.8 Å². The number of halogens is 3. The van der Waals surface area contributed by atoms with Crippen LogP contribution >= 0.6 is 0 Å². The topological polar surface area (TPSA) is 92.5 Å². The number of hydrogen-bond acceptors (Lipinski definition) is 8. The lowest BCUT2D eigenvalue weighted by atomic mass is 9.77. The Kier molecular flexibility index (Phi) is 5.96. The van der Waals surface area contributed by atoms with E-state index in [-0.39, 0.29) is 0 Å². The van der Waals surface area contributed by atoms with E-state index in [9.17, 15) is 13.2 Å². The molecular formula is C30H29F3N6O3. The van der Waals surface area contributed by atoms with Crippen molar-refractivity contribution >= 4 is 38.9 Å². The van der Waals surface area contributed by atoms with Gasteiger partial charge in [0.25, 0.3) is 0 Å². The van der Waals surface area contributed by atoms with E-state index in [1.54, 1.807) is 18.2 Å². The maximum atomic E-state index is 13.6. The van der Waals surface area contributed by atoms with Gasteiger partial charge in [-0.15, -0.1) is 0 Å². The first kappa shape index (κ1) is 25.9. The second-order valence-corrected chi connectivity index (χ2v) is 11.7. The standard InChI is InChI=1S/C30H29F3N6O3/c31-30(32,33)23-13-20-19(2-1-3-22(20)35-23)26-36-24-21-12-18(15-38-6-4-29(5-7-38)16-41-17-29)14-34-28(21)42-25(24)27(37-26)39-8-10-40-11-9-39/h1-3,12-14,35H,4-11,15-17H2. The number of benzene rings is 1. The highest BCUT2D eigenvalue weighted by atomic mass is 19.4. The molecular weight excluding hydrogens is 549 g/mol. The fraction of sp³-hybridized carbons (Fsp3) is 0.433. The molecule has 0 saturated carbocycles. The van der Waals surface area contributed by atoms with Crippen molar-refractivity contribution in [1.82, 2.24) is 24.8 Å². The van der Waals surface area contributed by atoms with Gasteiger partial charge in [-0.3, -0.25) is 4.90 Å². The molecule has 0 amide bonds. The molecule has 0 atom stereocenters. The van der Waals surface area contributed by atoms with E-state index in [4.69, 9.17) is 23.9 Å². The van der Waals surface area contributed by atoms with Crippen LogP contribution in [0.2, 0.25) is 0 Å². The summed E-state index contributed by atoms with van der Waals surface area (Å²) in [6.07, 6.45) is -0.373. The van der Waals surface area contributed by atoms with Crippen LogP contribution in [-0.2, 0) is 22.2 Å². The number of nitrogens with one attached hydrogen (secondary N) is 1. The van der Waals surface area contributed by atoms with Gasteiger partial charge in [-0.05, 0) is 49.7 Å². The molecule has 3 aliphatic rings. The minimum Gasteiger partial charge on any atom is -0.432 e. The van der Waals surface area contributed by atoms with Crippen molar-refractivity contribution in [2.75, 3.05) is 57.5 Å². The number of ether oxygens (including phenoxy) is 2. The Morgan fingerprint density at radius 3 is 2.50 bits per heavy atom. The van der Waals surface area contributed by atoms with Crippen molar-refractivity contribution in [3.8, 4) is 11.4 Å². The molecule has 0 unspecified atom stereocenters. The lowest BCUT2D eigenvalue weighted by Crippen LogP contribution is -2.50. The Hall–Kier alpha value is -3.74. The van der Waals surface area contributed by atoms with Crippen molar-refractivity contribution in [1.29, 1.82) is 0 Å². The second-order valence-electron chi connectivity index (χ2n) is 11.7. The number of piperidine rings is 1. The Bertz CT molecular complexity index is 1800. The number of morpholine rings is 1. The van der Waals surface area contributed by atoms with Crippen molar-refractivity contribution < 1.29 is 27.1 Å². The normalized spacial score (nSPS) is 19.7. The van der Waals surface area contributed by atoms with Crippen LogP contribution in [0.25, 0.3) is 44.5 Å². The highest BCUT2D eigenvalue weighted by molar-refractivity contribution is 6.06. The van der Waals surface area contributed by atoms with Crippen molar-refractivity contribution in [2.45, 2.75) is 25.6 Å². The van der Waals surface area contributed by atoms with E-state index in [0.29, 0.717) is 76.6 Å². The summed E-state index contributed by atoms with van der Waals surface area (Å²) in [7, 11) is 0. The number of aromatic amines is 1. The average molecular weight is 579 g/mol. The molecule has 3 aliphatic heterocycles. The molecule has 4 aromatic heterocycles. The van der Waals surface area contributed by atoms with Gasteiger partial charge >= 0.3 is 6.18 Å². The number of H-pyrrole nitrogens is 1. The fourth-order valence-electron chi connectivity index (χ4n) is 6.38. The number of alkyl halides is 3. The van der Waals surface area contributed by atoms with E-state index >= 15 is 0 Å². The van der Waals surface area contributed by atoms with Crippen molar-refractivity contribution in [2.24, 2.45) is 5.41 Å². The Morgan fingerprint density at radius 2 is 1.76 bits per heavy atom. The molecule has 42 heavy (non-hydrogen) atoms. The molecule has 5 aromatic rings. The van der Waals surface area contributed by atoms with Gasteiger partial charge in [0.15, 0.2) is 17.2 Å². The van der Waals surface area contributed by atoms with Crippen LogP contribution in [0.4, 0.5) is 19.0 Å². The SMILES string of the molecule is FC(F)(F)c1cc2c(-c3nc(N4CCOCC4)c4oc5ncc(CN6CCC7(CC6)COC7)cc5c4n3)cccc2[nH]1. The summed E-state index contributed by atoms with van der Waals surface area (Å²) in [4.78, 5) is 21.5. The number of likely N-dealkylation sites (tertiary alicyclic amines) is 1. The second kappa shape index (κ2) is 9.65. The van der Waals surface area contributed by atoms with E-state index in [1.807, 2.05) is 6.20 Å². The van der Waals surface area contributed by atoms with Gasteiger partial charge in [-0.25, -0.2) is 15.0 Å². The number of fused-ring (bicyclic) bond motifs is 4. The third-order valence-corrected chi connectivity index (χ3v) is 8.87.